The molecule has 124 valence electrons. The van der Waals surface area contributed by atoms with Crippen LogP contribution in [0.4, 0.5) is 5.82 Å². The predicted octanol–water partition coefficient (Wildman–Crippen LogP) is 3.50. The second kappa shape index (κ2) is 7.19. The van der Waals surface area contributed by atoms with Gasteiger partial charge in [0.2, 0.25) is 5.91 Å². The maximum Gasteiger partial charge on any atom is 0.236 e. The lowest BCUT2D eigenvalue weighted by Crippen LogP contribution is -2.22. The van der Waals surface area contributed by atoms with E-state index in [1.165, 1.54) is 9.77 Å². The molecule has 1 aromatic carbocycles. The zero-order chi connectivity index (χ0) is 17.1. The Labute approximate surface area is 148 Å². The molecular formula is C17H18N4OS2. The number of thiophene rings is 1. The Morgan fingerprint density at radius 1 is 1.25 bits per heavy atom. The number of nitrogens with one attached hydrogen (secondary N) is 1. The summed E-state index contributed by atoms with van der Waals surface area (Å²) in [4.78, 5) is 23.7. The van der Waals surface area contributed by atoms with Gasteiger partial charge in [-0.15, -0.1) is 23.1 Å². The monoisotopic (exact) mass is 358 g/mol. The van der Waals surface area contributed by atoms with Crippen LogP contribution in [0, 0.1) is 13.8 Å². The number of carbonyl (C=O) groups excluding carboxylic acids is 1. The van der Waals surface area contributed by atoms with Crippen molar-refractivity contribution in [2.45, 2.75) is 24.5 Å². The van der Waals surface area contributed by atoms with Crippen LogP contribution in [-0.4, -0.2) is 22.4 Å². The third kappa shape index (κ3) is 3.68. The van der Waals surface area contributed by atoms with Crippen LogP contribution < -0.4 is 11.1 Å². The minimum absolute atomic E-state index is 0.0612. The quantitative estimate of drug-likeness (QED) is 0.659. The highest BCUT2D eigenvalue weighted by Gasteiger charge is 2.15. The fraction of sp³-hybridized carbons (Fsp3) is 0.235. The van der Waals surface area contributed by atoms with E-state index in [1.54, 1.807) is 23.1 Å². The van der Waals surface area contributed by atoms with Crippen LogP contribution in [0.15, 0.2) is 35.2 Å². The standard InChI is InChI=1S/C17H18N4OS2/c1-10-11(2)24-17-15(10)16(19-8-13(18)22)20-14(21-17)9-23-12-6-4-3-5-7-12/h3-7H,8-9H2,1-2H3,(H2,18,22)(H,19,20,21). The molecule has 1 amide bonds. The molecule has 5 nitrogen and oxygen atoms in total. The average molecular weight is 358 g/mol. The van der Waals surface area contributed by atoms with Crippen molar-refractivity contribution in [3.8, 4) is 0 Å². The summed E-state index contributed by atoms with van der Waals surface area (Å²) >= 11 is 3.33. The minimum atomic E-state index is -0.411. The summed E-state index contributed by atoms with van der Waals surface area (Å²) < 4.78 is 0. The number of nitrogens with zero attached hydrogens (tertiary/aromatic N) is 2. The lowest BCUT2D eigenvalue weighted by Gasteiger charge is -2.08. The second-order valence-electron chi connectivity index (χ2n) is 5.37. The van der Waals surface area contributed by atoms with Crippen molar-refractivity contribution in [2.24, 2.45) is 5.73 Å². The number of fused-ring (bicyclic) bond motifs is 1. The van der Waals surface area contributed by atoms with Crippen molar-refractivity contribution in [2.75, 3.05) is 11.9 Å². The Bertz CT molecular complexity index is 877. The second-order valence-corrected chi connectivity index (χ2v) is 7.63. The minimum Gasteiger partial charge on any atom is -0.368 e. The van der Waals surface area contributed by atoms with E-state index in [4.69, 9.17) is 10.7 Å². The highest BCUT2D eigenvalue weighted by atomic mass is 32.2. The van der Waals surface area contributed by atoms with E-state index in [2.05, 4.69) is 29.4 Å². The van der Waals surface area contributed by atoms with Crippen LogP contribution in [0.5, 0.6) is 0 Å². The molecule has 0 spiro atoms. The third-order valence-corrected chi connectivity index (χ3v) is 5.73. The topological polar surface area (TPSA) is 80.9 Å². The number of nitrogens with two attached hydrogens (primary N) is 1. The summed E-state index contributed by atoms with van der Waals surface area (Å²) in [7, 11) is 0. The lowest BCUT2D eigenvalue weighted by atomic mass is 10.2. The molecular weight excluding hydrogens is 340 g/mol. The Balaban J connectivity index is 1.92. The van der Waals surface area contributed by atoms with Crippen molar-refractivity contribution in [1.29, 1.82) is 0 Å². The number of carbonyl (C=O) groups is 1. The molecule has 0 aliphatic rings. The summed E-state index contributed by atoms with van der Waals surface area (Å²) in [5, 5.41) is 4.03. The van der Waals surface area contributed by atoms with Gasteiger partial charge in [-0.3, -0.25) is 4.79 Å². The molecule has 7 heteroatoms. The van der Waals surface area contributed by atoms with Crippen LogP contribution in [0.3, 0.4) is 0 Å². The van der Waals surface area contributed by atoms with E-state index in [9.17, 15) is 4.79 Å². The summed E-state index contributed by atoms with van der Waals surface area (Å²) in [6.07, 6.45) is 0. The first kappa shape index (κ1) is 16.7. The number of amides is 1. The number of anilines is 1. The van der Waals surface area contributed by atoms with Crippen LogP contribution in [0.1, 0.15) is 16.3 Å². The van der Waals surface area contributed by atoms with Gasteiger partial charge in [-0.1, -0.05) is 18.2 Å². The zero-order valence-electron chi connectivity index (χ0n) is 13.5. The fourth-order valence-corrected chi connectivity index (χ4v) is 4.14. The molecule has 2 heterocycles. The number of thioether (sulfide) groups is 1. The maximum absolute atomic E-state index is 11.1. The third-order valence-electron chi connectivity index (χ3n) is 3.62. The van der Waals surface area contributed by atoms with E-state index in [0.717, 1.165) is 21.6 Å². The van der Waals surface area contributed by atoms with Crippen LogP contribution in [-0.2, 0) is 10.5 Å². The van der Waals surface area contributed by atoms with Crippen LogP contribution in [0.25, 0.3) is 10.2 Å². The number of benzene rings is 1. The Morgan fingerprint density at radius 3 is 2.71 bits per heavy atom. The number of hydrogen-bond acceptors (Lipinski definition) is 6. The van der Waals surface area contributed by atoms with Crippen molar-refractivity contribution in [3.63, 3.8) is 0 Å². The number of hydrogen-bond donors (Lipinski definition) is 2. The van der Waals surface area contributed by atoms with Gasteiger partial charge in [0.05, 0.1) is 17.7 Å². The fourth-order valence-electron chi connectivity index (χ4n) is 2.32. The maximum atomic E-state index is 11.1. The van der Waals surface area contributed by atoms with E-state index in [1.807, 2.05) is 25.1 Å². The first-order valence-corrected chi connectivity index (χ1v) is 9.31. The number of aromatic nitrogens is 2. The lowest BCUT2D eigenvalue weighted by molar-refractivity contribution is -0.116. The SMILES string of the molecule is Cc1sc2nc(CSc3ccccc3)nc(NCC(N)=O)c2c1C. The first-order chi connectivity index (χ1) is 11.5. The Morgan fingerprint density at radius 2 is 2.00 bits per heavy atom. The molecule has 0 aliphatic heterocycles. The predicted molar refractivity (Wildman–Crippen MR) is 101 cm³/mol. The molecule has 0 saturated carbocycles. The van der Waals surface area contributed by atoms with Gasteiger partial charge in [-0.05, 0) is 31.5 Å². The van der Waals surface area contributed by atoms with E-state index < -0.39 is 5.91 Å². The largest absolute Gasteiger partial charge is 0.368 e. The molecule has 3 rings (SSSR count). The molecule has 0 bridgehead atoms. The van der Waals surface area contributed by atoms with Gasteiger partial charge in [-0.25, -0.2) is 9.97 Å². The van der Waals surface area contributed by atoms with Gasteiger partial charge < -0.3 is 11.1 Å². The van der Waals surface area contributed by atoms with Gasteiger partial charge in [0.1, 0.15) is 16.5 Å². The zero-order valence-corrected chi connectivity index (χ0v) is 15.1. The number of rotatable bonds is 6. The Kier molecular flexibility index (Phi) is 5.01. The normalized spacial score (nSPS) is 10.9. The Hall–Kier alpha value is -2.12. The van der Waals surface area contributed by atoms with Crippen LogP contribution in [0.2, 0.25) is 0 Å². The molecule has 0 atom stereocenters. The summed E-state index contributed by atoms with van der Waals surface area (Å²) in [6, 6.07) is 10.1. The van der Waals surface area contributed by atoms with Crippen molar-refractivity contribution >= 4 is 45.0 Å². The van der Waals surface area contributed by atoms with Crippen molar-refractivity contribution in [1.82, 2.24) is 9.97 Å². The summed E-state index contributed by atoms with van der Waals surface area (Å²) in [6.45, 7) is 4.18. The van der Waals surface area contributed by atoms with Crippen LogP contribution >= 0.6 is 23.1 Å². The van der Waals surface area contributed by atoms with Crippen molar-refractivity contribution in [3.05, 3.63) is 46.6 Å². The van der Waals surface area contributed by atoms with Gasteiger partial charge in [0.25, 0.3) is 0 Å². The molecule has 0 unspecified atom stereocenters. The molecule has 0 radical (unpaired) electrons. The molecule has 0 aliphatic carbocycles. The molecule has 3 N–H and O–H groups in total. The highest BCUT2D eigenvalue weighted by molar-refractivity contribution is 7.98. The van der Waals surface area contributed by atoms with Gasteiger partial charge in [0.15, 0.2) is 0 Å². The molecule has 3 aromatic rings. The van der Waals surface area contributed by atoms with Crippen molar-refractivity contribution < 1.29 is 4.79 Å². The number of aryl methyl sites for hydroxylation is 2. The summed E-state index contributed by atoms with van der Waals surface area (Å²) in [5.74, 6) is 1.68. The first-order valence-electron chi connectivity index (χ1n) is 7.51. The molecule has 0 saturated heterocycles. The summed E-state index contributed by atoms with van der Waals surface area (Å²) in [5.41, 5.74) is 6.40. The molecule has 24 heavy (non-hydrogen) atoms. The van der Waals surface area contributed by atoms with E-state index in [0.29, 0.717) is 11.6 Å². The number of primary amides is 1. The van der Waals surface area contributed by atoms with Gasteiger partial charge in [0, 0.05) is 9.77 Å². The molecule has 0 fully saturated rings. The smallest absolute Gasteiger partial charge is 0.236 e. The van der Waals surface area contributed by atoms with Gasteiger partial charge >= 0.3 is 0 Å². The van der Waals surface area contributed by atoms with E-state index >= 15 is 0 Å². The highest BCUT2D eigenvalue weighted by Crippen LogP contribution is 2.34. The van der Waals surface area contributed by atoms with Gasteiger partial charge in [-0.2, -0.15) is 0 Å². The molecule has 2 aromatic heterocycles. The van der Waals surface area contributed by atoms with E-state index in [-0.39, 0.29) is 6.54 Å². The average Bonchev–Trinajstić information content (AvgIpc) is 2.86.